The highest BCUT2D eigenvalue weighted by molar-refractivity contribution is 5.92. The number of halogens is 1. The maximum absolute atomic E-state index is 12.0. The number of rotatable bonds is 3. The molecule has 3 N–H and O–H groups in total. The number of nitrogens with two attached hydrogens (primary N) is 1. The molecule has 3 rings (SSSR count). The zero-order valence-electron chi connectivity index (χ0n) is 11.6. The minimum absolute atomic E-state index is 0. The number of fused-ring (bicyclic) bond motifs is 1. The Morgan fingerprint density at radius 2 is 2.00 bits per heavy atom. The number of carbonyl (C=O) groups is 1. The number of benzene rings is 1. The number of anilines is 2. The maximum Gasteiger partial charge on any atom is 0.230 e. The SMILES string of the molecule is Cl.Nc1ccc(CC(=O)Nc2ccc3c(c2)CCC3)nc1. The molecule has 4 nitrogen and oxygen atoms in total. The van der Waals surface area contributed by atoms with Gasteiger partial charge in [0.25, 0.3) is 0 Å². The number of nitrogens with one attached hydrogen (secondary N) is 1. The summed E-state index contributed by atoms with van der Waals surface area (Å²) in [4.78, 5) is 16.1. The van der Waals surface area contributed by atoms with Gasteiger partial charge in [-0.15, -0.1) is 12.4 Å². The maximum atomic E-state index is 12.0. The van der Waals surface area contributed by atoms with E-state index in [-0.39, 0.29) is 24.7 Å². The normalized spacial score (nSPS) is 12.4. The third-order valence-corrected chi connectivity index (χ3v) is 3.57. The van der Waals surface area contributed by atoms with Crippen LogP contribution in [0.15, 0.2) is 36.5 Å². The van der Waals surface area contributed by atoms with Crippen LogP contribution in [0.5, 0.6) is 0 Å². The summed E-state index contributed by atoms with van der Waals surface area (Å²) in [5.41, 5.74) is 10.5. The highest BCUT2D eigenvalue weighted by Crippen LogP contribution is 2.24. The van der Waals surface area contributed by atoms with E-state index in [0.717, 1.165) is 24.2 Å². The second-order valence-electron chi connectivity index (χ2n) is 5.14. The molecule has 1 aromatic carbocycles. The number of hydrogen-bond donors (Lipinski definition) is 2. The van der Waals surface area contributed by atoms with Crippen molar-refractivity contribution < 1.29 is 4.79 Å². The molecule has 0 radical (unpaired) electrons. The molecular formula is C16H18ClN3O. The number of aromatic nitrogens is 1. The Labute approximate surface area is 130 Å². The Hall–Kier alpha value is -2.07. The first-order chi connectivity index (χ1) is 9.70. The molecule has 0 aliphatic heterocycles. The van der Waals surface area contributed by atoms with E-state index in [9.17, 15) is 4.79 Å². The summed E-state index contributed by atoms with van der Waals surface area (Å²) in [6, 6.07) is 9.69. The van der Waals surface area contributed by atoms with Gasteiger partial charge in [0.2, 0.25) is 5.91 Å². The summed E-state index contributed by atoms with van der Waals surface area (Å²) >= 11 is 0. The molecule has 1 aliphatic rings. The van der Waals surface area contributed by atoms with Gasteiger partial charge in [-0.2, -0.15) is 0 Å². The van der Waals surface area contributed by atoms with Gasteiger partial charge in [-0.05, 0) is 54.7 Å². The molecule has 2 aromatic rings. The molecule has 1 aliphatic carbocycles. The topological polar surface area (TPSA) is 68.0 Å². The summed E-state index contributed by atoms with van der Waals surface area (Å²) in [6.07, 6.45) is 5.30. The smallest absolute Gasteiger partial charge is 0.230 e. The van der Waals surface area contributed by atoms with Crippen molar-refractivity contribution in [2.75, 3.05) is 11.1 Å². The monoisotopic (exact) mass is 303 g/mol. The molecule has 0 saturated carbocycles. The van der Waals surface area contributed by atoms with Crippen LogP contribution in [0.3, 0.4) is 0 Å². The highest BCUT2D eigenvalue weighted by Gasteiger charge is 2.12. The van der Waals surface area contributed by atoms with E-state index in [0.29, 0.717) is 5.69 Å². The molecule has 0 saturated heterocycles. The van der Waals surface area contributed by atoms with Crippen LogP contribution < -0.4 is 11.1 Å². The minimum Gasteiger partial charge on any atom is -0.397 e. The minimum atomic E-state index is -0.0554. The fourth-order valence-corrected chi connectivity index (χ4v) is 2.56. The first kappa shape index (κ1) is 15.3. The van der Waals surface area contributed by atoms with E-state index >= 15 is 0 Å². The number of nitrogens with zero attached hydrogens (tertiary/aromatic N) is 1. The predicted molar refractivity (Wildman–Crippen MR) is 86.7 cm³/mol. The fourth-order valence-electron chi connectivity index (χ4n) is 2.56. The van der Waals surface area contributed by atoms with Crippen LogP contribution in [0.25, 0.3) is 0 Å². The molecule has 0 atom stereocenters. The number of pyridine rings is 1. The number of carbonyl (C=O) groups excluding carboxylic acids is 1. The Balaban J connectivity index is 0.00000161. The van der Waals surface area contributed by atoms with Crippen LogP contribution >= 0.6 is 12.4 Å². The Morgan fingerprint density at radius 1 is 1.19 bits per heavy atom. The Morgan fingerprint density at radius 3 is 2.76 bits per heavy atom. The van der Waals surface area contributed by atoms with Crippen LogP contribution in [0.4, 0.5) is 11.4 Å². The fraction of sp³-hybridized carbons (Fsp3) is 0.250. The lowest BCUT2D eigenvalue weighted by Gasteiger charge is -2.07. The summed E-state index contributed by atoms with van der Waals surface area (Å²) in [7, 11) is 0. The molecular weight excluding hydrogens is 286 g/mol. The Kier molecular flexibility index (Phi) is 4.81. The number of aryl methyl sites for hydroxylation is 2. The average Bonchev–Trinajstić information content (AvgIpc) is 2.89. The van der Waals surface area contributed by atoms with Crippen molar-refractivity contribution >= 4 is 29.7 Å². The second-order valence-corrected chi connectivity index (χ2v) is 5.14. The molecule has 1 heterocycles. The van der Waals surface area contributed by atoms with E-state index in [1.807, 2.05) is 6.07 Å². The van der Waals surface area contributed by atoms with Crippen LogP contribution in [-0.2, 0) is 24.1 Å². The zero-order chi connectivity index (χ0) is 13.9. The van der Waals surface area contributed by atoms with Gasteiger partial charge in [-0.3, -0.25) is 9.78 Å². The van der Waals surface area contributed by atoms with Gasteiger partial charge < -0.3 is 11.1 Å². The van der Waals surface area contributed by atoms with Crippen molar-refractivity contribution in [3.8, 4) is 0 Å². The molecule has 0 unspecified atom stereocenters. The van der Waals surface area contributed by atoms with Crippen LogP contribution in [0.2, 0.25) is 0 Å². The summed E-state index contributed by atoms with van der Waals surface area (Å²) in [6.45, 7) is 0. The molecule has 0 bridgehead atoms. The van der Waals surface area contributed by atoms with Crippen molar-refractivity contribution in [2.24, 2.45) is 0 Å². The lowest BCUT2D eigenvalue weighted by molar-refractivity contribution is -0.115. The average molecular weight is 304 g/mol. The third kappa shape index (κ3) is 3.73. The van der Waals surface area contributed by atoms with Crippen LogP contribution in [-0.4, -0.2) is 10.9 Å². The first-order valence-corrected chi connectivity index (χ1v) is 6.83. The van der Waals surface area contributed by atoms with Crippen molar-refractivity contribution in [2.45, 2.75) is 25.7 Å². The quantitative estimate of drug-likeness (QED) is 0.916. The standard InChI is InChI=1S/C16H17N3O.ClH/c17-13-5-7-14(18-10-13)9-16(20)19-15-6-4-11-2-1-3-12(11)8-15;/h4-8,10H,1-3,9,17H2,(H,19,20);1H. The van der Waals surface area contributed by atoms with E-state index in [1.54, 1.807) is 18.3 Å². The third-order valence-electron chi connectivity index (χ3n) is 3.57. The molecule has 0 spiro atoms. The van der Waals surface area contributed by atoms with Gasteiger partial charge >= 0.3 is 0 Å². The second kappa shape index (κ2) is 6.59. The number of amides is 1. The van der Waals surface area contributed by atoms with E-state index in [1.165, 1.54) is 17.5 Å². The predicted octanol–water partition coefficient (Wildman–Crippen LogP) is 2.76. The number of nitrogen functional groups attached to an aromatic ring is 1. The van der Waals surface area contributed by atoms with Gasteiger partial charge in [-0.1, -0.05) is 6.07 Å². The summed E-state index contributed by atoms with van der Waals surface area (Å²) in [5.74, 6) is -0.0554. The zero-order valence-corrected chi connectivity index (χ0v) is 12.5. The van der Waals surface area contributed by atoms with E-state index < -0.39 is 0 Å². The van der Waals surface area contributed by atoms with Gasteiger partial charge in [-0.25, -0.2) is 0 Å². The number of hydrogen-bond acceptors (Lipinski definition) is 3. The van der Waals surface area contributed by atoms with Gasteiger partial charge in [0, 0.05) is 11.4 Å². The Bertz CT molecular complexity index is 640. The van der Waals surface area contributed by atoms with Crippen molar-refractivity contribution in [1.29, 1.82) is 0 Å². The molecule has 1 aromatic heterocycles. The molecule has 110 valence electrons. The van der Waals surface area contributed by atoms with Crippen molar-refractivity contribution in [1.82, 2.24) is 4.98 Å². The van der Waals surface area contributed by atoms with Gasteiger partial charge in [0.1, 0.15) is 0 Å². The van der Waals surface area contributed by atoms with E-state index in [2.05, 4.69) is 22.4 Å². The summed E-state index contributed by atoms with van der Waals surface area (Å²) in [5, 5.41) is 2.92. The molecule has 21 heavy (non-hydrogen) atoms. The van der Waals surface area contributed by atoms with E-state index in [4.69, 9.17) is 5.73 Å². The van der Waals surface area contributed by atoms with Gasteiger partial charge in [0.15, 0.2) is 0 Å². The van der Waals surface area contributed by atoms with Gasteiger partial charge in [0.05, 0.1) is 18.3 Å². The van der Waals surface area contributed by atoms with Crippen LogP contribution in [0, 0.1) is 0 Å². The van der Waals surface area contributed by atoms with Crippen molar-refractivity contribution in [3.63, 3.8) is 0 Å². The highest BCUT2D eigenvalue weighted by atomic mass is 35.5. The van der Waals surface area contributed by atoms with Crippen molar-refractivity contribution in [3.05, 3.63) is 53.3 Å². The first-order valence-electron chi connectivity index (χ1n) is 6.83. The lowest BCUT2D eigenvalue weighted by Crippen LogP contribution is -2.15. The lowest BCUT2D eigenvalue weighted by atomic mass is 10.1. The van der Waals surface area contributed by atoms with Crippen LogP contribution in [0.1, 0.15) is 23.2 Å². The molecule has 1 amide bonds. The molecule has 5 heteroatoms. The summed E-state index contributed by atoms with van der Waals surface area (Å²) < 4.78 is 0. The largest absolute Gasteiger partial charge is 0.397 e. The molecule has 0 fully saturated rings.